The number of hydrogen-bond acceptors (Lipinski definition) is 3. The summed E-state index contributed by atoms with van der Waals surface area (Å²) in [6.07, 6.45) is 4.34. The van der Waals surface area contributed by atoms with Crippen LogP contribution in [0.1, 0.15) is 45.1 Å². The second-order valence-electron chi connectivity index (χ2n) is 5.16. The summed E-state index contributed by atoms with van der Waals surface area (Å²) in [7, 11) is 0. The number of rotatable bonds is 7. The Morgan fingerprint density at radius 1 is 1.16 bits per heavy atom. The van der Waals surface area contributed by atoms with Crippen LogP contribution in [0, 0.1) is 5.92 Å². The van der Waals surface area contributed by atoms with Crippen LogP contribution in [0.2, 0.25) is 0 Å². The molecule has 0 amide bonds. The van der Waals surface area contributed by atoms with E-state index >= 15 is 0 Å². The third-order valence-corrected chi connectivity index (χ3v) is 4.26. The predicted molar refractivity (Wildman–Crippen MR) is 80.5 cm³/mol. The van der Waals surface area contributed by atoms with Gasteiger partial charge in [-0.15, -0.1) is 0 Å². The van der Waals surface area contributed by atoms with E-state index < -0.39 is 0 Å². The Bertz CT molecular complexity index is 407. The summed E-state index contributed by atoms with van der Waals surface area (Å²) in [6, 6.07) is 3.03. The van der Waals surface area contributed by atoms with Gasteiger partial charge in [-0.1, -0.05) is 42.6 Å². The van der Waals surface area contributed by atoms with Crippen molar-refractivity contribution in [3.63, 3.8) is 0 Å². The Balaban J connectivity index is 2.54. The molecule has 0 saturated carbocycles. The van der Waals surface area contributed by atoms with Crippen LogP contribution >= 0.6 is 15.9 Å². The highest BCUT2D eigenvalue weighted by atomic mass is 79.9. The maximum atomic E-state index is 10.1. The Kier molecular flexibility index (Phi) is 6.66. The van der Waals surface area contributed by atoms with Crippen molar-refractivity contribution in [2.45, 2.75) is 52.1 Å². The molecule has 1 aromatic rings. The molecule has 0 aliphatic rings. The normalized spacial score (nSPS) is 14.3. The number of phenolic OH excluding ortho intramolecular Hbond substituents is 2. The second kappa shape index (κ2) is 7.75. The Labute approximate surface area is 123 Å². The van der Waals surface area contributed by atoms with E-state index in [9.17, 15) is 15.3 Å². The van der Waals surface area contributed by atoms with Gasteiger partial charge in [0, 0.05) is 4.47 Å². The van der Waals surface area contributed by atoms with E-state index in [1.807, 2.05) is 0 Å². The lowest BCUT2D eigenvalue weighted by atomic mass is 9.93. The van der Waals surface area contributed by atoms with Crippen molar-refractivity contribution in [1.29, 1.82) is 0 Å². The van der Waals surface area contributed by atoms with Crippen LogP contribution < -0.4 is 0 Å². The topological polar surface area (TPSA) is 60.7 Å². The van der Waals surface area contributed by atoms with Crippen molar-refractivity contribution < 1.29 is 15.3 Å². The van der Waals surface area contributed by atoms with Gasteiger partial charge in [0.15, 0.2) is 11.5 Å². The molecule has 0 aromatic heterocycles. The summed E-state index contributed by atoms with van der Waals surface area (Å²) in [5.41, 5.74) is 0.900. The van der Waals surface area contributed by atoms with E-state index in [1.54, 1.807) is 6.07 Å². The number of phenols is 2. The number of halogens is 1. The molecule has 2 unspecified atom stereocenters. The summed E-state index contributed by atoms with van der Waals surface area (Å²) in [4.78, 5) is 0. The minimum Gasteiger partial charge on any atom is -0.504 e. The number of hydrogen-bond donors (Lipinski definition) is 3. The SMILES string of the molecule is CCCCC(C)C(O)CCc1cc(O)c(O)cc1Br. The van der Waals surface area contributed by atoms with Crippen LogP contribution in [0.25, 0.3) is 0 Å². The van der Waals surface area contributed by atoms with Gasteiger partial charge in [0.2, 0.25) is 0 Å². The molecule has 3 nitrogen and oxygen atoms in total. The Morgan fingerprint density at radius 3 is 2.42 bits per heavy atom. The molecule has 0 spiro atoms. The van der Waals surface area contributed by atoms with Gasteiger partial charge in [0.1, 0.15) is 0 Å². The predicted octanol–water partition coefficient (Wildman–Crippen LogP) is 3.98. The molecule has 1 aromatic carbocycles. The third-order valence-electron chi connectivity index (χ3n) is 3.52. The molecule has 0 radical (unpaired) electrons. The van der Waals surface area contributed by atoms with Gasteiger partial charge >= 0.3 is 0 Å². The average molecular weight is 331 g/mol. The fourth-order valence-electron chi connectivity index (χ4n) is 2.09. The fourth-order valence-corrected chi connectivity index (χ4v) is 2.62. The molecule has 0 bridgehead atoms. The molecule has 1 rings (SSSR count). The average Bonchev–Trinajstić information content (AvgIpc) is 2.38. The lowest BCUT2D eigenvalue weighted by Crippen LogP contribution is -2.18. The largest absolute Gasteiger partial charge is 0.504 e. The molecule has 0 saturated heterocycles. The number of aryl methyl sites for hydroxylation is 1. The van der Waals surface area contributed by atoms with E-state index in [0.29, 0.717) is 18.8 Å². The van der Waals surface area contributed by atoms with E-state index in [0.717, 1.165) is 29.3 Å². The molecule has 0 aliphatic carbocycles. The van der Waals surface area contributed by atoms with Gasteiger partial charge < -0.3 is 15.3 Å². The number of aromatic hydroxyl groups is 2. The summed E-state index contributed by atoms with van der Waals surface area (Å²) >= 11 is 3.36. The van der Waals surface area contributed by atoms with Crippen LogP contribution in [0.5, 0.6) is 11.5 Å². The standard InChI is InChI=1S/C15H23BrO3/c1-3-4-5-10(2)13(17)7-6-11-8-14(18)15(19)9-12(11)16/h8-10,13,17-19H,3-7H2,1-2H3. The molecule has 3 N–H and O–H groups in total. The lowest BCUT2D eigenvalue weighted by molar-refractivity contribution is 0.102. The summed E-state index contributed by atoms with van der Waals surface area (Å²) in [5, 5.41) is 28.9. The molecular formula is C15H23BrO3. The number of benzene rings is 1. The maximum absolute atomic E-state index is 10.1. The Hall–Kier alpha value is -0.740. The first-order valence-electron chi connectivity index (χ1n) is 6.84. The second-order valence-corrected chi connectivity index (χ2v) is 6.01. The summed E-state index contributed by atoms with van der Waals surface area (Å²) < 4.78 is 0.760. The highest BCUT2D eigenvalue weighted by molar-refractivity contribution is 9.10. The summed E-state index contributed by atoms with van der Waals surface area (Å²) in [6.45, 7) is 4.22. The third kappa shape index (κ3) is 5.03. The zero-order valence-corrected chi connectivity index (χ0v) is 13.2. The van der Waals surface area contributed by atoms with Crippen molar-refractivity contribution in [2.24, 2.45) is 5.92 Å². The molecule has 4 heteroatoms. The molecule has 108 valence electrons. The molecule has 0 aliphatic heterocycles. The van der Waals surface area contributed by atoms with Crippen molar-refractivity contribution in [3.8, 4) is 11.5 Å². The van der Waals surface area contributed by atoms with Gasteiger partial charge in [-0.2, -0.15) is 0 Å². The molecular weight excluding hydrogens is 308 g/mol. The van der Waals surface area contributed by atoms with Gasteiger partial charge in [-0.05, 0) is 42.9 Å². The monoisotopic (exact) mass is 330 g/mol. The van der Waals surface area contributed by atoms with Crippen LogP contribution in [0.15, 0.2) is 16.6 Å². The van der Waals surface area contributed by atoms with Crippen LogP contribution in [0.3, 0.4) is 0 Å². The summed E-state index contributed by atoms with van der Waals surface area (Å²) in [5.74, 6) is 0.0450. The highest BCUT2D eigenvalue weighted by Crippen LogP contribution is 2.32. The molecule has 19 heavy (non-hydrogen) atoms. The van der Waals surface area contributed by atoms with Crippen LogP contribution in [-0.4, -0.2) is 21.4 Å². The minimum absolute atomic E-state index is 0.119. The lowest BCUT2D eigenvalue weighted by Gasteiger charge is -2.19. The molecule has 0 fully saturated rings. The van der Waals surface area contributed by atoms with E-state index in [2.05, 4.69) is 29.8 Å². The van der Waals surface area contributed by atoms with Crippen molar-refractivity contribution in [1.82, 2.24) is 0 Å². The number of unbranched alkanes of at least 4 members (excludes halogenated alkanes) is 1. The smallest absolute Gasteiger partial charge is 0.158 e. The number of aliphatic hydroxyl groups excluding tert-OH is 1. The quantitative estimate of drug-likeness (QED) is 0.662. The minimum atomic E-state index is -0.325. The van der Waals surface area contributed by atoms with Crippen molar-refractivity contribution in [3.05, 3.63) is 22.2 Å². The van der Waals surface area contributed by atoms with Gasteiger partial charge in [0.05, 0.1) is 6.10 Å². The zero-order valence-electron chi connectivity index (χ0n) is 11.6. The van der Waals surface area contributed by atoms with Crippen LogP contribution in [-0.2, 0) is 6.42 Å². The van der Waals surface area contributed by atoms with E-state index in [4.69, 9.17) is 0 Å². The first-order valence-corrected chi connectivity index (χ1v) is 7.63. The zero-order chi connectivity index (χ0) is 14.4. The molecule has 2 atom stereocenters. The number of aliphatic hydroxyl groups is 1. The van der Waals surface area contributed by atoms with E-state index in [1.165, 1.54) is 6.07 Å². The fraction of sp³-hybridized carbons (Fsp3) is 0.600. The van der Waals surface area contributed by atoms with Crippen molar-refractivity contribution >= 4 is 15.9 Å². The maximum Gasteiger partial charge on any atom is 0.158 e. The van der Waals surface area contributed by atoms with Gasteiger partial charge in [-0.25, -0.2) is 0 Å². The first-order chi connectivity index (χ1) is 8.95. The van der Waals surface area contributed by atoms with Crippen LogP contribution in [0.4, 0.5) is 0 Å². The Morgan fingerprint density at radius 2 is 1.79 bits per heavy atom. The van der Waals surface area contributed by atoms with Crippen molar-refractivity contribution in [2.75, 3.05) is 0 Å². The first kappa shape index (κ1) is 16.3. The van der Waals surface area contributed by atoms with Gasteiger partial charge in [0.25, 0.3) is 0 Å². The molecule has 0 heterocycles. The highest BCUT2D eigenvalue weighted by Gasteiger charge is 2.15. The van der Waals surface area contributed by atoms with Gasteiger partial charge in [-0.3, -0.25) is 0 Å². The van der Waals surface area contributed by atoms with E-state index in [-0.39, 0.29) is 17.6 Å².